The number of hydrogen-bond donors (Lipinski definition) is 3. The van der Waals surface area contributed by atoms with E-state index in [1.165, 1.54) is 0 Å². The average Bonchev–Trinajstić information content (AvgIpc) is 2.12. The van der Waals surface area contributed by atoms with Gasteiger partial charge < -0.3 is 16.3 Å². The van der Waals surface area contributed by atoms with Crippen LogP contribution < -0.4 is 11.1 Å². The van der Waals surface area contributed by atoms with Crippen LogP contribution in [0.5, 0.6) is 0 Å². The maximum atomic E-state index is 8.42. The molecule has 4 heteroatoms. The second kappa shape index (κ2) is 5.60. The minimum absolute atomic E-state index is 0.0806. The molecule has 0 aliphatic heterocycles. The van der Waals surface area contributed by atoms with Crippen LogP contribution in [0, 0.1) is 0 Å². The van der Waals surface area contributed by atoms with Crippen LogP contribution >= 0.6 is 0 Å². The van der Waals surface area contributed by atoms with Gasteiger partial charge in [-0.1, -0.05) is 18.2 Å². The zero-order valence-corrected chi connectivity index (χ0v) is 7.62. The number of oxime groups is 1. The molecule has 0 fully saturated rings. The van der Waals surface area contributed by atoms with E-state index in [-0.39, 0.29) is 17.9 Å². The second-order valence-corrected chi connectivity index (χ2v) is 2.68. The largest absolute Gasteiger partial charge is 0.409 e. The van der Waals surface area contributed by atoms with E-state index < -0.39 is 0 Å². The molecule has 0 aromatic carbocycles. The monoisotopic (exact) mass is 171 g/mol. The molecule has 2 unspecified atom stereocenters. The lowest BCUT2D eigenvalue weighted by Gasteiger charge is -2.18. The quantitative estimate of drug-likeness (QED) is 0.187. The molecule has 0 bridgehead atoms. The van der Waals surface area contributed by atoms with Gasteiger partial charge in [0.15, 0.2) is 5.84 Å². The first-order chi connectivity index (χ1) is 5.65. The van der Waals surface area contributed by atoms with Crippen LogP contribution in [0.3, 0.4) is 0 Å². The first kappa shape index (κ1) is 11.0. The molecule has 0 aliphatic carbocycles. The molecule has 4 nitrogen and oxygen atoms in total. The molecule has 0 aromatic heterocycles. The Bertz CT molecular complexity index is 168. The molecule has 0 aromatic rings. The molecule has 0 radical (unpaired) electrons. The van der Waals surface area contributed by atoms with Gasteiger partial charge in [0, 0.05) is 6.04 Å². The summed E-state index contributed by atoms with van der Waals surface area (Å²) in [5.74, 6) is 0.214. The van der Waals surface area contributed by atoms with E-state index in [1.54, 1.807) is 6.08 Å². The highest BCUT2D eigenvalue weighted by Gasteiger charge is 2.12. The van der Waals surface area contributed by atoms with Gasteiger partial charge >= 0.3 is 0 Å². The van der Waals surface area contributed by atoms with Crippen molar-refractivity contribution >= 4 is 5.84 Å². The minimum Gasteiger partial charge on any atom is -0.409 e. The fourth-order valence-electron chi connectivity index (χ4n) is 0.867. The molecule has 0 saturated heterocycles. The standard InChI is InChI=1S/C8H17N3O/c1-4-6(3)10-7(5-2)8(9)11-12/h4,6-7,10,12H,1,5H2,2-3H3,(H2,9,11). The Morgan fingerprint density at radius 1 is 1.83 bits per heavy atom. The first-order valence-electron chi connectivity index (χ1n) is 4.01. The Hall–Kier alpha value is -1.03. The Labute approximate surface area is 73.1 Å². The van der Waals surface area contributed by atoms with Crippen LogP contribution in [-0.4, -0.2) is 23.1 Å². The van der Waals surface area contributed by atoms with E-state index in [9.17, 15) is 0 Å². The molecule has 0 rings (SSSR count). The molecule has 2 atom stereocenters. The summed E-state index contributed by atoms with van der Waals surface area (Å²) in [5, 5.41) is 14.5. The van der Waals surface area contributed by atoms with Crippen molar-refractivity contribution in [1.82, 2.24) is 5.32 Å². The smallest absolute Gasteiger partial charge is 0.156 e. The Morgan fingerprint density at radius 3 is 2.75 bits per heavy atom. The van der Waals surface area contributed by atoms with E-state index in [0.717, 1.165) is 6.42 Å². The number of amidine groups is 1. The first-order valence-corrected chi connectivity index (χ1v) is 4.01. The zero-order valence-electron chi connectivity index (χ0n) is 7.62. The van der Waals surface area contributed by atoms with Gasteiger partial charge in [0.2, 0.25) is 0 Å². The van der Waals surface area contributed by atoms with E-state index in [2.05, 4.69) is 17.1 Å². The van der Waals surface area contributed by atoms with Crippen molar-refractivity contribution in [3.8, 4) is 0 Å². The van der Waals surface area contributed by atoms with Gasteiger partial charge in [-0.3, -0.25) is 0 Å². The maximum absolute atomic E-state index is 8.42. The van der Waals surface area contributed by atoms with Crippen LogP contribution in [0.25, 0.3) is 0 Å². The summed E-state index contributed by atoms with van der Waals surface area (Å²) in [7, 11) is 0. The van der Waals surface area contributed by atoms with Gasteiger partial charge in [-0.2, -0.15) is 0 Å². The van der Waals surface area contributed by atoms with Crippen LogP contribution in [0.4, 0.5) is 0 Å². The van der Waals surface area contributed by atoms with Crippen molar-refractivity contribution in [3.05, 3.63) is 12.7 Å². The molecular weight excluding hydrogens is 154 g/mol. The summed E-state index contributed by atoms with van der Waals surface area (Å²) >= 11 is 0. The average molecular weight is 171 g/mol. The third-order valence-electron chi connectivity index (χ3n) is 1.70. The summed E-state index contributed by atoms with van der Waals surface area (Å²) in [6, 6.07) is 0.0817. The lowest BCUT2D eigenvalue weighted by Crippen LogP contribution is -2.44. The summed E-state index contributed by atoms with van der Waals surface area (Å²) < 4.78 is 0. The highest BCUT2D eigenvalue weighted by Crippen LogP contribution is 1.94. The third kappa shape index (κ3) is 3.39. The normalized spacial score (nSPS) is 17.0. The van der Waals surface area contributed by atoms with Gasteiger partial charge in [0.05, 0.1) is 6.04 Å². The van der Waals surface area contributed by atoms with E-state index >= 15 is 0 Å². The zero-order chi connectivity index (χ0) is 9.56. The fraction of sp³-hybridized carbons (Fsp3) is 0.625. The lowest BCUT2D eigenvalue weighted by atomic mass is 10.2. The van der Waals surface area contributed by atoms with Gasteiger partial charge in [-0.25, -0.2) is 0 Å². The topological polar surface area (TPSA) is 70.6 Å². The van der Waals surface area contributed by atoms with Gasteiger partial charge in [-0.15, -0.1) is 6.58 Å². The van der Waals surface area contributed by atoms with E-state index in [4.69, 9.17) is 10.9 Å². The molecule has 0 heterocycles. The molecule has 0 aliphatic rings. The Balaban J connectivity index is 4.08. The molecule has 12 heavy (non-hydrogen) atoms. The second-order valence-electron chi connectivity index (χ2n) is 2.68. The van der Waals surface area contributed by atoms with Crippen molar-refractivity contribution < 1.29 is 5.21 Å². The van der Waals surface area contributed by atoms with Gasteiger partial charge in [0.25, 0.3) is 0 Å². The molecule has 0 saturated carbocycles. The van der Waals surface area contributed by atoms with Crippen LogP contribution in [0.2, 0.25) is 0 Å². The number of nitrogens with one attached hydrogen (secondary N) is 1. The predicted molar refractivity (Wildman–Crippen MR) is 50.3 cm³/mol. The minimum atomic E-state index is -0.0806. The third-order valence-corrected chi connectivity index (χ3v) is 1.70. The van der Waals surface area contributed by atoms with Crippen LogP contribution in [0.15, 0.2) is 17.8 Å². The number of nitrogens with zero attached hydrogens (tertiary/aromatic N) is 1. The number of rotatable bonds is 5. The van der Waals surface area contributed by atoms with E-state index in [1.807, 2.05) is 13.8 Å². The number of nitrogens with two attached hydrogens (primary N) is 1. The van der Waals surface area contributed by atoms with Crippen molar-refractivity contribution in [2.45, 2.75) is 32.4 Å². The highest BCUT2D eigenvalue weighted by atomic mass is 16.4. The molecular formula is C8H17N3O. The van der Waals surface area contributed by atoms with Crippen molar-refractivity contribution in [2.24, 2.45) is 10.9 Å². The number of hydrogen-bond acceptors (Lipinski definition) is 3. The molecule has 70 valence electrons. The summed E-state index contributed by atoms with van der Waals surface area (Å²) in [5.41, 5.74) is 5.43. The van der Waals surface area contributed by atoms with Crippen molar-refractivity contribution in [1.29, 1.82) is 0 Å². The van der Waals surface area contributed by atoms with Crippen LogP contribution in [-0.2, 0) is 0 Å². The SMILES string of the molecule is C=CC(C)NC(CC)/C(N)=N/O. The molecule has 0 amide bonds. The lowest BCUT2D eigenvalue weighted by molar-refractivity contribution is 0.314. The highest BCUT2D eigenvalue weighted by molar-refractivity contribution is 5.85. The van der Waals surface area contributed by atoms with Crippen LogP contribution in [0.1, 0.15) is 20.3 Å². The molecule has 4 N–H and O–H groups in total. The Kier molecular flexibility index (Phi) is 5.12. The summed E-state index contributed by atoms with van der Waals surface area (Å²) in [6.07, 6.45) is 2.56. The summed E-state index contributed by atoms with van der Waals surface area (Å²) in [6.45, 7) is 7.55. The van der Waals surface area contributed by atoms with Gasteiger partial charge in [-0.05, 0) is 13.3 Å². The van der Waals surface area contributed by atoms with E-state index in [0.29, 0.717) is 0 Å². The van der Waals surface area contributed by atoms with Gasteiger partial charge in [0.1, 0.15) is 0 Å². The van der Waals surface area contributed by atoms with Crippen molar-refractivity contribution in [3.63, 3.8) is 0 Å². The summed E-state index contributed by atoms with van der Waals surface area (Å²) in [4.78, 5) is 0. The molecule has 0 spiro atoms. The maximum Gasteiger partial charge on any atom is 0.156 e. The Morgan fingerprint density at radius 2 is 2.42 bits per heavy atom. The van der Waals surface area contributed by atoms with Crippen molar-refractivity contribution in [2.75, 3.05) is 0 Å². The predicted octanol–water partition coefficient (Wildman–Crippen LogP) is 0.675. The fourth-order valence-corrected chi connectivity index (χ4v) is 0.867.